The molecule has 0 unspecified atom stereocenters. The summed E-state index contributed by atoms with van der Waals surface area (Å²) in [6.07, 6.45) is 0.919. The predicted octanol–water partition coefficient (Wildman–Crippen LogP) is 2.51. The van der Waals surface area contributed by atoms with Crippen molar-refractivity contribution in [3.05, 3.63) is 39.8 Å². The summed E-state index contributed by atoms with van der Waals surface area (Å²) < 4.78 is 0. The maximum absolute atomic E-state index is 10.4. The minimum Gasteiger partial charge on any atom is -0.387 e. The number of aliphatic hydroxyl groups excluding tert-OH is 1. The Morgan fingerprint density at radius 2 is 2.36 bits per heavy atom. The van der Waals surface area contributed by atoms with Crippen LogP contribution in [0.2, 0.25) is 0 Å². The van der Waals surface area contributed by atoms with E-state index in [0.29, 0.717) is 4.88 Å². The van der Waals surface area contributed by atoms with Crippen LogP contribution < -0.4 is 0 Å². The molecular formula is C9H11NO3S. The topological polar surface area (TPSA) is 63.4 Å². The molecule has 0 aliphatic heterocycles. The van der Waals surface area contributed by atoms with E-state index >= 15 is 0 Å². The van der Waals surface area contributed by atoms with Gasteiger partial charge in [-0.1, -0.05) is 24.3 Å². The van der Waals surface area contributed by atoms with E-state index in [9.17, 15) is 15.2 Å². The van der Waals surface area contributed by atoms with Gasteiger partial charge in [0, 0.05) is 16.9 Å². The average molecular weight is 213 g/mol. The second-order valence-electron chi connectivity index (χ2n) is 2.97. The normalized spacial score (nSPS) is 14.7. The number of rotatable bonds is 4. The molecule has 1 rings (SSSR count). The third-order valence-electron chi connectivity index (χ3n) is 1.95. The predicted molar refractivity (Wildman–Crippen MR) is 55.3 cm³/mol. The second-order valence-corrected chi connectivity index (χ2v) is 4.07. The molecule has 0 aromatic carbocycles. The third-order valence-corrected chi connectivity index (χ3v) is 3.06. The summed E-state index contributed by atoms with van der Waals surface area (Å²) in [5, 5.41) is 20.1. The first-order valence-corrected chi connectivity index (χ1v) is 4.92. The fraction of sp³-hybridized carbons (Fsp3) is 0.333. The standard InChI is InChI=1S/C9H11NO3S/c1-3-6(2)9(11)7-4-5-8(14-7)10(12)13/h3-6,9,11H,1H2,2H3/t6-,9-/m0/s1. The first kappa shape index (κ1) is 10.9. The molecule has 0 fully saturated rings. The van der Waals surface area contributed by atoms with Crippen molar-refractivity contribution in [3.8, 4) is 0 Å². The van der Waals surface area contributed by atoms with E-state index in [2.05, 4.69) is 6.58 Å². The SMILES string of the molecule is C=C[C@H](C)[C@H](O)c1ccc([N+](=O)[O-])s1. The van der Waals surface area contributed by atoms with Crippen molar-refractivity contribution < 1.29 is 10.0 Å². The van der Waals surface area contributed by atoms with Gasteiger partial charge in [0.2, 0.25) is 0 Å². The first-order chi connectivity index (χ1) is 6.56. The van der Waals surface area contributed by atoms with Crippen molar-refractivity contribution in [2.75, 3.05) is 0 Å². The van der Waals surface area contributed by atoms with Crippen LogP contribution in [-0.4, -0.2) is 10.0 Å². The first-order valence-electron chi connectivity index (χ1n) is 4.11. The van der Waals surface area contributed by atoms with E-state index in [4.69, 9.17) is 0 Å². The highest BCUT2D eigenvalue weighted by atomic mass is 32.1. The highest BCUT2D eigenvalue weighted by molar-refractivity contribution is 7.15. The largest absolute Gasteiger partial charge is 0.387 e. The monoisotopic (exact) mass is 213 g/mol. The van der Waals surface area contributed by atoms with Gasteiger partial charge in [0.25, 0.3) is 0 Å². The van der Waals surface area contributed by atoms with Gasteiger partial charge in [-0.2, -0.15) is 0 Å². The van der Waals surface area contributed by atoms with Crippen molar-refractivity contribution in [1.29, 1.82) is 0 Å². The van der Waals surface area contributed by atoms with E-state index in [1.807, 2.05) is 6.92 Å². The molecule has 1 aromatic heterocycles. The zero-order valence-corrected chi connectivity index (χ0v) is 8.53. The molecule has 4 nitrogen and oxygen atoms in total. The zero-order chi connectivity index (χ0) is 10.7. The molecule has 2 atom stereocenters. The van der Waals surface area contributed by atoms with Crippen LogP contribution in [0.1, 0.15) is 17.9 Å². The maximum atomic E-state index is 10.4. The fourth-order valence-corrected chi connectivity index (χ4v) is 1.91. The van der Waals surface area contributed by atoms with Crippen LogP contribution in [0.3, 0.4) is 0 Å². The average Bonchev–Trinajstić information content (AvgIpc) is 2.64. The van der Waals surface area contributed by atoms with E-state index in [1.165, 1.54) is 6.07 Å². The van der Waals surface area contributed by atoms with Crippen molar-refractivity contribution in [2.45, 2.75) is 13.0 Å². The molecule has 1 heterocycles. The van der Waals surface area contributed by atoms with Crippen LogP contribution in [0.4, 0.5) is 5.00 Å². The smallest absolute Gasteiger partial charge is 0.324 e. The summed E-state index contributed by atoms with van der Waals surface area (Å²) in [6, 6.07) is 2.98. The van der Waals surface area contributed by atoms with E-state index in [0.717, 1.165) is 11.3 Å². The molecular weight excluding hydrogens is 202 g/mol. The Labute approximate surface area is 85.7 Å². The van der Waals surface area contributed by atoms with Gasteiger partial charge in [-0.3, -0.25) is 10.1 Å². The van der Waals surface area contributed by atoms with Crippen LogP contribution in [0, 0.1) is 16.0 Å². The Balaban J connectivity index is 2.86. The molecule has 1 aromatic rings. The molecule has 0 amide bonds. The molecule has 0 radical (unpaired) electrons. The molecule has 14 heavy (non-hydrogen) atoms. The Bertz CT molecular complexity index is 348. The highest BCUT2D eigenvalue weighted by Gasteiger charge is 2.18. The van der Waals surface area contributed by atoms with E-state index < -0.39 is 11.0 Å². The molecule has 1 N–H and O–H groups in total. The Kier molecular flexibility index (Phi) is 3.38. The van der Waals surface area contributed by atoms with Gasteiger partial charge in [0.15, 0.2) is 0 Å². The van der Waals surface area contributed by atoms with Crippen LogP contribution in [-0.2, 0) is 0 Å². The second kappa shape index (κ2) is 4.34. The van der Waals surface area contributed by atoms with Crippen LogP contribution >= 0.6 is 11.3 Å². The van der Waals surface area contributed by atoms with Crippen LogP contribution in [0.15, 0.2) is 24.8 Å². The number of hydrogen-bond donors (Lipinski definition) is 1. The van der Waals surface area contributed by atoms with Gasteiger partial charge in [0.1, 0.15) is 0 Å². The lowest BCUT2D eigenvalue weighted by Gasteiger charge is -2.12. The van der Waals surface area contributed by atoms with Gasteiger partial charge >= 0.3 is 5.00 Å². The Morgan fingerprint density at radius 3 is 2.79 bits per heavy atom. The maximum Gasteiger partial charge on any atom is 0.324 e. The summed E-state index contributed by atoms with van der Waals surface area (Å²) in [5.41, 5.74) is 0. The molecule has 0 saturated heterocycles. The van der Waals surface area contributed by atoms with Crippen molar-refractivity contribution >= 4 is 16.3 Å². The van der Waals surface area contributed by atoms with Gasteiger partial charge < -0.3 is 5.11 Å². The number of thiophene rings is 1. The molecule has 0 bridgehead atoms. The molecule has 0 spiro atoms. The minimum atomic E-state index is -0.703. The van der Waals surface area contributed by atoms with Crippen LogP contribution in [0.25, 0.3) is 0 Å². The quantitative estimate of drug-likeness (QED) is 0.475. The third kappa shape index (κ3) is 2.18. The van der Waals surface area contributed by atoms with E-state index in [1.54, 1.807) is 12.1 Å². The van der Waals surface area contributed by atoms with Gasteiger partial charge in [-0.05, 0) is 6.07 Å². The number of hydrogen-bond acceptors (Lipinski definition) is 4. The summed E-state index contributed by atoms with van der Waals surface area (Å²) in [7, 11) is 0. The number of nitrogens with zero attached hydrogens (tertiary/aromatic N) is 1. The summed E-state index contributed by atoms with van der Waals surface area (Å²) in [6.45, 7) is 5.37. The van der Waals surface area contributed by atoms with Crippen LogP contribution in [0.5, 0.6) is 0 Å². The van der Waals surface area contributed by atoms with Gasteiger partial charge in [0.05, 0.1) is 11.0 Å². The number of nitro groups is 1. The molecule has 76 valence electrons. The Morgan fingerprint density at radius 1 is 1.71 bits per heavy atom. The molecule has 5 heteroatoms. The zero-order valence-electron chi connectivity index (χ0n) is 7.71. The lowest BCUT2D eigenvalue weighted by Crippen LogP contribution is -2.03. The molecule has 0 aliphatic carbocycles. The van der Waals surface area contributed by atoms with Crippen molar-refractivity contribution in [3.63, 3.8) is 0 Å². The Hall–Kier alpha value is -1.20. The number of aliphatic hydroxyl groups is 1. The van der Waals surface area contributed by atoms with Gasteiger partial charge in [-0.15, -0.1) is 6.58 Å². The molecule has 0 saturated carbocycles. The van der Waals surface area contributed by atoms with Crippen molar-refractivity contribution in [1.82, 2.24) is 0 Å². The van der Waals surface area contributed by atoms with E-state index in [-0.39, 0.29) is 10.9 Å². The van der Waals surface area contributed by atoms with Gasteiger partial charge in [-0.25, -0.2) is 0 Å². The lowest BCUT2D eigenvalue weighted by molar-refractivity contribution is -0.380. The highest BCUT2D eigenvalue weighted by Crippen LogP contribution is 2.32. The fourth-order valence-electron chi connectivity index (χ4n) is 0.987. The molecule has 0 aliphatic rings. The summed E-state index contributed by atoms with van der Waals surface area (Å²) in [5.74, 6) is -0.103. The summed E-state index contributed by atoms with van der Waals surface area (Å²) >= 11 is 0.996. The summed E-state index contributed by atoms with van der Waals surface area (Å²) in [4.78, 5) is 10.5. The lowest BCUT2D eigenvalue weighted by atomic mass is 10.0. The minimum absolute atomic E-state index is 0.0512. The van der Waals surface area contributed by atoms with Crippen molar-refractivity contribution in [2.24, 2.45) is 5.92 Å².